The molecule has 2 aromatic carbocycles. The highest BCUT2D eigenvalue weighted by Gasteiger charge is 2.29. The van der Waals surface area contributed by atoms with E-state index in [1.54, 1.807) is 18.2 Å². The van der Waals surface area contributed by atoms with E-state index in [4.69, 9.17) is 18.9 Å². The van der Waals surface area contributed by atoms with Crippen molar-refractivity contribution in [1.82, 2.24) is 4.90 Å². The highest BCUT2D eigenvalue weighted by Crippen LogP contribution is 2.38. The summed E-state index contributed by atoms with van der Waals surface area (Å²) in [7, 11) is 1.53. The Hall–Kier alpha value is -2.77. The van der Waals surface area contributed by atoms with E-state index in [-0.39, 0.29) is 18.4 Å². The van der Waals surface area contributed by atoms with Crippen LogP contribution in [-0.2, 0) is 0 Å². The molecular formula is C25H31NO6. The normalized spacial score (nSPS) is 19.3. The first kappa shape index (κ1) is 22.4. The molecule has 0 aromatic heterocycles. The number of benzene rings is 2. The van der Waals surface area contributed by atoms with E-state index < -0.39 is 6.10 Å². The third-order valence-corrected chi connectivity index (χ3v) is 5.97. The summed E-state index contributed by atoms with van der Waals surface area (Å²) in [5.74, 6) is 2.56. The average molecular weight is 442 g/mol. The summed E-state index contributed by atoms with van der Waals surface area (Å²) in [4.78, 5) is 13.9. The maximum absolute atomic E-state index is 11.6. The van der Waals surface area contributed by atoms with Crippen molar-refractivity contribution < 1.29 is 28.8 Å². The van der Waals surface area contributed by atoms with E-state index in [0.29, 0.717) is 36.8 Å². The van der Waals surface area contributed by atoms with E-state index in [2.05, 4.69) is 17.0 Å². The van der Waals surface area contributed by atoms with Gasteiger partial charge in [-0.15, -0.1) is 0 Å². The number of fused-ring (bicyclic) bond motifs is 1. The van der Waals surface area contributed by atoms with Crippen molar-refractivity contribution in [2.75, 3.05) is 40.0 Å². The van der Waals surface area contributed by atoms with Crippen molar-refractivity contribution in [1.29, 1.82) is 0 Å². The maximum atomic E-state index is 11.6. The Morgan fingerprint density at radius 1 is 1.12 bits per heavy atom. The molecule has 0 amide bonds. The van der Waals surface area contributed by atoms with Crippen LogP contribution in [0.15, 0.2) is 36.4 Å². The van der Waals surface area contributed by atoms with Crippen LogP contribution in [0, 0.1) is 0 Å². The lowest BCUT2D eigenvalue weighted by atomic mass is 10.0. The smallest absolute Gasteiger partial charge is 0.161 e. The van der Waals surface area contributed by atoms with E-state index in [9.17, 15) is 9.90 Å². The van der Waals surface area contributed by atoms with Crippen LogP contribution in [0.1, 0.15) is 48.1 Å². The van der Waals surface area contributed by atoms with Gasteiger partial charge in [0.1, 0.15) is 12.7 Å². The number of methoxy groups -OCH3 is 1. The first-order chi connectivity index (χ1) is 15.5. The van der Waals surface area contributed by atoms with Crippen molar-refractivity contribution in [3.8, 4) is 23.0 Å². The SMILES string of the molecule is COc1cc(C(C)=O)ccc1OC[C@H](O)CN1CCC[C@@H]1c1ccc2c(c1)OCCCO2. The summed E-state index contributed by atoms with van der Waals surface area (Å²) in [5, 5.41) is 10.7. The molecule has 7 nitrogen and oxygen atoms in total. The second-order valence-corrected chi connectivity index (χ2v) is 8.30. The number of hydrogen-bond acceptors (Lipinski definition) is 7. The molecule has 2 aromatic rings. The predicted octanol–water partition coefficient (Wildman–Crippen LogP) is 3.64. The van der Waals surface area contributed by atoms with Crippen LogP contribution in [-0.4, -0.2) is 61.9 Å². The molecule has 0 radical (unpaired) electrons. The zero-order valence-corrected chi connectivity index (χ0v) is 18.7. The Kier molecular flexibility index (Phi) is 7.17. The molecule has 7 heteroatoms. The monoisotopic (exact) mass is 441 g/mol. The molecule has 1 saturated heterocycles. The fraction of sp³-hybridized carbons (Fsp3) is 0.480. The molecule has 0 unspecified atom stereocenters. The Bertz CT molecular complexity index is 946. The summed E-state index contributed by atoms with van der Waals surface area (Å²) in [6.45, 7) is 4.42. The molecule has 0 spiro atoms. The van der Waals surface area contributed by atoms with Gasteiger partial charge < -0.3 is 24.1 Å². The van der Waals surface area contributed by atoms with Crippen LogP contribution < -0.4 is 18.9 Å². The molecule has 2 aliphatic rings. The van der Waals surface area contributed by atoms with Crippen molar-refractivity contribution in [2.45, 2.75) is 38.3 Å². The molecule has 2 aliphatic heterocycles. The Morgan fingerprint density at radius 2 is 1.94 bits per heavy atom. The molecule has 0 saturated carbocycles. The van der Waals surface area contributed by atoms with E-state index in [1.165, 1.54) is 19.6 Å². The number of Topliss-reactive ketones (excluding diaryl/α,β-unsaturated/α-hetero) is 1. The number of rotatable bonds is 8. The topological polar surface area (TPSA) is 77.5 Å². The van der Waals surface area contributed by atoms with Gasteiger partial charge in [0, 0.05) is 24.6 Å². The van der Waals surface area contributed by atoms with Crippen molar-refractivity contribution in [3.05, 3.63) is 47.5 Å². The van der Waals surface area contributed by atoms with Gasteiger partial charge in [-0.1, -0.05) is 6.07 Å². The minimum Gasteiger partial charge on any atom is -0.493 e. The number of aliphatic hydroxyl groups excluding tert-OH is 1. The van der Waals surface area contributed by atoms with Crippen LogP contribution >= 0.6 is 0 Å². The van der Waals surface area contributed by atoms with Crippen LogP contribution in [0.25, 0.3) is 0 Å². The number of nitrogens with zero attached hydrogens (tertiary/aromatic N) is 1. The van der Waals surface area contributed by atoms with Crippen LogP contribution in [0.4, 0.5) is 0 Å². The first-order valence-corrected chi connectivity index (χ1v) is 11.2. The van der Waals surface area contributed by atoms with Gasteiger partial charge in [0.25, 0.3) is 0 Å². The summed E-state index contributed by atoms with van der Waals surface area (Å²) in [6.07, 6.45) is 2.34. The van der Waals surface area contributed by atoms with Gasteiger partial charge in [-0.2, -0.15) is 0 Å². The molecule has 0 bridgehead atoms. The summed E-state index contributed by atoms with van der Waals surface area (Å²) < 4.78 is 22.8. The third-order valence-electron chi connectivity index (χ3n) is 5.97. The first-order valence-electron chi connectivity index (χ1n) is 11.2. The second-order valence-electron chi connectivity index (χ2n) is 8.30. The number of likely N-dealkylation sites (tertiary alicyclic amines) is 1. The molecule has 2 heterocycles. The van der Waals surface area contributed by atoms with Gasteiger partial charge in [0.05, 0.1) is 20.3 Å². The van der Waals surface area contributed by atoms with Gasteiger partial charge in [-0.3, -0.25) is 9.69 Å². The average Bonchev–Trinajstić information content (AvgIpc) is 3.12. The van der Waals surface area contributed by atoms with E-state index in [0.717, 1.165) is 37.3 Å². The largest absolute Gasteiger partial charge is 0.493 e. The fourth-order valence-corrected chi connectivity index (χ4v) is 4.32. The number of carbonyl (C=O) groups is 1. The van der Waals surface area contributed by atoms with Crippen molar-refractivity contribution in [2.24, 2.45) is 0 Å². The Labute approximate surface area is 188 Å². The van der Waals surface area contributed by atoms with Crippen molar-refractivity contribution in [3.63, 3.8) is 0 Å². The number of carbonyl (C=O) groups excluding carboxylic acids is 1. The lowest BCUT2D eigenvalue weighted by Gasteiger charge is -2.27. The second kappa shape index (κ2) is 10.2. The maximum Gasteiger partial charge on any atom is 0.161 e. The van der Waals surface area contributed by atoms with Gasteiger partial charge in [-0.25, -0.2) is 0 Å². The van der Waals surface area contributed by atoms with Crippen LogP contribution in [0.3, 0.4) is 0 Å². The quantitative estimate of drug-likeness (QED) is 0.627. The molecule has 4 rings (SSSR count). The van der Waals surface area contributed by atoms with E-state index >= 15 is 0 Å². The Morgan fingerprint density at radius 3 is 2.72 bits per heavy atom. The minimum atomic E-state index is -0.659. The standard InChI is InChI=1S/C25H31NO6/c1-17(27)18-6-8-22(24(13-18)29-2)32-16-20(28)15-26-10-3-5-21(26)19-7-9-23-25(14-19)31-12-4-11-30-23/h6-9,13-14,20-21,28H,3-5,10-12,15-16H2,1-2H3/t20-,21-/m1/s1. The number of aliphatic hydroxyl groups is 1. The number of β-amino-alcohol motifs (C(OH)–C–C–N with tert-alkyl or cyclic N) is 1. The van der Waals surface area contributed by atoms with Gasteiger partial charge in [0.15, 0.2) is 28.8 Å². The molecular weight excluding hydrogens is 410 g/mol. The van der Waals surface area contributed by atoms with Crippen LogP contribution in [0.2, 0.25) is 0 Å². The molecule has 2 atom stereocenters. The molecule has 1 N–H and O–H groups in total. The number of ketones is 1. The van der Waals surface area contributed by atoms with E-state index in [1.807, 2.05) is 6.07 Å². The van der Waals surface area contributed by atoms with Gasteiger partial charge >= 0.3 is 0 Å². The molecule has 0 aliphatic carbocycles. The van der Waals surface area contributed by atoms with Crippen LogP contribution in [0.5, 0.6) is 23.0 Å². The lowest BCUT2D eigenvalue weighted by molar-refractivity contribution is 0.0628. The summed E-state index contributed by atoms with van der Waals surface area (Å²) in [5.41, 5.74) is 1.74. The van der Waals surface area contributed by atoms with Gasteiger partial charge in [0.2, 0.25) is 0 Å². The highest BCUT2D eigenvalue weighted by atomic mass is 16.5. The summed E-state index contributed by atoms with van der Waals surface area (Å²) >= 11 is 0. The number of hydrogen-bond donors (Lipinski definition) is 1. The molecule has 32 heavy (non-hydrogen) atoms. The third kappa shape index (κ3) is 5.16. The predicted molar refractivity (Wildman–Crippen MR) is 120 cm³/mol. The molecule has 172 valence electrons. The summed E-state index contributed by atoms with van der Waals surface area (Å²) in [6, 6.07) is 11.5. The van der Waals surface area contributed by atoms with Crippen molar-refractivity contribution >= 4 is 5.78 Å². The highest BCUT2D eigenvalue weighted by molar-refractivity contribution is 5.94. The minimum absolute atomic E-state index is 0.0373. The zero-order valence-electron chi connectivity index (χ0n) is 18.7. The lowest BCUT2D eigenvalue weighted by Crippen LogP contribution is -2.35. The zero-order chi connectivity index (χ0) is 22.5. The fourth-order valence-electron chi connectivity index (χ4n) is 4.32. The van der Waals surface area contributed by atoms with Gasteiger partial charge in [-0.05, 0) is 62.2 Å². The Balaban J connectivity index is 1.37. The number of ether oxygens (including phenoxy) is 4. The molecule has 1 fully saturated rings.